The van der Waals surface area contributed by atoms with Crippen molar-refractivity contribution < 1.29 is 4.79 Å². The summed E-state index contributed by atoms with van der Waals surface area (Å²) in [6, 6.07) is 5.60. The summed E-state index contributed by atoms with van der Waals surface area (Å²) in [4.78, 5) is 11.8. The molecule has 3 rings (SSSR count). The third-order valence-electron chi connectivity index (χ3n) is 9.43. The van der Waals surface area contributed by atoms with Gasteiger partial charge in [0.05, 0.1) is 5.02 Å². The molecular weight excluding hydrogens is 436 g/mol. The Morgan fingerprint density at radius 3 is 1.85 bits per heavy atom. The first-order valence-electron chi connectivity index (χ1n) is 13.8. The molecule has 0 N–H and O–H groups in total. The highest BCUT2D eigenvalue weighted by Crippen LogP contribution is 2.56. The second-order valence-electron chi connectivity index (χ2n) is 12.6. The number of Topliss-reactive ketones (excluding diaryl/α,β-unsaturated/α-hetero) is 1. The normalized spacial score (nSPS) is 31.6. The van der Waals surface area contributed by atoms with Gasteiger partial charge in [-0.05, 0) is 99.0 Å². The molecule has 0 heterocycles. The third-order valence-corrected chi connectivity index (χ3v) is 9.74. The monoisotopic (exact) mass is 482 g/mol. The van der Waals surface area contributed by atoms with Gasteiger partial charge in [0.15, 0.2) is 5.78 Å². The summed E-state index contributed by atoms with van der Waals surface area (Å²) in [5.41, 5.74) is 1.46. The third kappa shape index (κ3) is 5.93. The van der Waals surface area contributed by atoms with E-state index in [0.29, 0.717) is 34.3 Å². The highest BCUT2D eigenvalue weighted by atomic mass is 35.5. The molecule has 1 aromatic carbocycles. The Morgan fingerprint density at radius 2 is 1.44 bits per heavy atom. The van der Waals surface area contributed by atoms with Crippen molar-refractivity contribution >= 4 is 17.4 Å². The second-order valence-corrected chi connectivity index (χ2v) is 13.1. The molecule has 6 atom stereocenters. The van der Waals surface area contributed by atoms with E-state index in [0.717, 1.165) is 29.2 Å². The predicted molar refractivity (Wildman–Crippen MR) is 146 cm³/mol. The Kier molecular flexibility index (Phi) is 9.01. The number of hydrogen-bond donors (Lipinski definition) is 0. The molecule has 2 heteroatoms. The van der Waals surface area contributed by atoms with E-state index in [1.165, 1.54) is 38.5 Å². The molecule has 0 amide bonds. The topological polar surface area (TPSA) is 17.1 Å². The minimum absolute atomic E-state index is 0.0400. The summed E-state index contributed by atoms with van der Waals surface area (Å²) < 4.78 is 0. The average Bonchev–Trinajstić information content (AvgIpc) is 2.77. The van der Waals surface area contributed by atoms with E-state index in [9.17, 15) is 4.79 Å². The maximum Gasteiger partial charge on any atom is 0.159 e. The maximum atomic E-state index is 11.8. The molecule has 188 valence electrons. The minimum atomic E-state index is -0.0458. The molecule has 0 radical (unpaired) electrons. The van der Waals surface area contributed by atoms with E-state index < -0.39 is 0 Å². The van der Waals surface area contributed by atoms with Gasteiger partial charge in [0.1, 0.15) is 0 Å². The molecule has 2 fully saturated rings. The van der Waals surface area contributed by atoms with Gasteiger partial charge in [-0.1, -0.05) is 83.9 Å². The quantitative estimate of drug-likeness (QED) is 0.301. The van der Waals surface area contributed by atoms with Crippen molar-refractivity contribution in [2.24, 2.45) is 52.8 Å². The van der Waals surface area contributed by atoms with Gasteiger partial charge < -0.3 is 0 Å². The summed E-state index contributed by atoms with van der Waals surface area (Å²) in [6.45, 7) is 18.7. The first-order chi connectivity index (χ1) is 15.9. The Hall–Kier alpha value is -1.26. The lowest BCUT2D eigenvalue weighted by Crippen LogP contribution is -2.47. The van der Waals surface area contributed by atoms with Crippen LogP contribution in [0.5, 0.6) is 0 Å². The highest BCUT2D eigenvalue weighted by molar-refractivity contribution is 6.32. The van der Waals surface area contributed by atoms with Crippen LogP contribution in [-0.2, 0) is 0 Å². The summed E-state index contributed by atoms with van der Waals surface area (Å²) in [5, 5.41) is 0.595. The summed E-state index contributed by atoms with van der Waals surface area (Å²) in [7, 11) is 0. The molecule has 2 aliphatic rings. The van der Waals surface area contributed by atoms with Crippen molar-refractivity contribution in [3.8, 4) is 11.8 Å². The molecule has 34 heavy (non-hydrogen) atoms. The van der Waals surface area contributed by atoms with E-state index in [1.54, 1.807) is 13.0 Å². The van der Waals surface area contributed by atoms with Gasteiger partial charge in [-0.2, -0.15) is 0 Å². The van der Waals surface area contributed by atoms with Crippen LogP contribution in [0, 0.1) is 64.6 Å². The van der Waals surface area contributed by atoms with Crippen LogP contribution in [0.2, 0.25) is 5.02 Å². The summed E-state index contributed by atoms with van der Waals surface area (Å²) in [6.07, 6.45) is 7.89. The number of carbonyl (C=O) groups excluding carboxylic acids is 1. The molecule has 0 aliphatic heterocycles. The van der Waals surface area contributed by atoms with Gasteiger partial charge in [-0.15, -0.1) is 0 Å². The average molecular weight is 483 g/mol. The summed E-state index contributed by atoms with van der Waals surface area (Å²) >= 11 is 6.62. The van der Waals surface area contributed by atoms with Gasteiger partial charge in [0, 0.05) is 16.5 Å². The predicted octanol–water partition coefficient (Wildman–Crippen LogP) is 9.32. The molecule has 0 aromatic heterocycles. The van der Waals surface area contributed by atoms with Crippen molar-refractivity contribution in [2.75, 3.05) is 0 Å². The molecule has 0 spiro atoms. The molecule has 6 unspecified atom stereocenters. The number of carbonyl (C=O) groups is 1. The number of benzene rings is 1. The molecule has 2 aliphatic carbocycles. The van der Waals surface area contributed by atoms with Crippen molar-refractivity contribution in [3.05, 3.63) is 34.3 Å². The first kappa shape index (κ1) is 27.3. The van der Waals surface area contributed by atoms with Crippen LogP contribution >= 0.6 is 11.6 Å². The van der Waals surface area contributed by atoms with Crippen LogP contribution in [0.3, 0.4) is 0 Å². The Balaban J connectivity index is 2.12. The Morgan fingerprint density at radius 1 is 0.941 bits per heavy atom. The fourth-order valence-corrected chi connectivity index (χ4v) is 7.51. The molecule has 1 nitrogen and oxygen atoms in total. The Labute approximate surface area is 214 Å². The lowest BCUT2D eigenvalue weighted by Gasteiger charge is -2.53. The van der Waals surface area contributed by atoms with E-state index in [2.05, 4.69) is 60.3 Å². The Bertz CT molecular complexity index is 885. The lowest BCUT2D eigenvalue weighted by molar-refractivity contribution is -0.0254. The van der Waals surface area contributed by atoms with E-state index >= 15 is 0 Å². The van der Waals surface area contributed by atoms with Crippen molar-refractivity contribution in [2.45, 2.75) is 93.9 Å². The van der Waals surface area contributed by atoms with Gasteiger partial charge in [0.25, 0.3) is 0 Å². The standard InChI is InChI=1S/C32H47ClO/c1-20(2)27-13-9-22(5)17-29(27)32(8,30-18-23(6)10-14-28(30)21(3)4)16-15-25-11-12-26(24(7)34)19-31(25)33/h11-12,19-23,27-30H,9-10,13-14,17-18H2,1-8H3. The van der Waals surface area contributed by atoms with Crippen LogP contribution < -0.4 is 0 Å². The van der Waals surface area contributed by atoms with Crippen molar-refractivity contribution in [1.29, 1.82) is 0 Å². The van der Waals surface area contributed by atoms with Crippen LogP contribution in [-0.4, -0.2) is 5.78 Å². The fraction of sp³-hybridized carbons (Fsp3) is 0.719. The lowest BCUT2D eigenvalue weighted by atomic mass is 9.50. The number of halogens is 1. The van der Waals surface area contributed by atoms with Crippen LogP contribution in [0.25, 0.3) is 0 Å². The van der Waals surface area contributed by atoms with Crippen molar-refractivity contribution in [1.82, 2.24) is 0 Å². The van der Waals surface area contributed by atoms with Crippen LogP contribution in [0.4, 0.5) is 0 Å². The zero-order valence-electron chi connectivity index (χ0n) is 22.9. The van der Waals surface area contributed by atoms with E-state index in [1.807, 2.05) is 12.1 Å². The highest BCUT2D eigenvalue weighted by Gasteiger charge is 2.50. The number of hydrogen-bond acceptors (Lipinski definition) is 1. The maximum absolute atomic E-state index is 11.8. The van der Waals surface area contributed by atoms with E-state index in [4.69, 9.17) is 11.6 Å². The first-order valence-corrected chi connectivity index (χ1v) is 14.1. The second kappa shape index (κ2) is 11.2. The zero-order valence-corrected chi connectivity index (χ0v) is 23.6. The fourth-order valence-electron chi connectivity index (χ4n) is 7.28. The molecule has 2 saturated carbocycles. The van der Waals surface area contributed by atoms with E-state index in [-0.39, 0.29) is 11.2 Å². The molecule has 1 aromatic rings. The largest absolute Gasteiger partial charge is 0.295 e. The molecule has 0 saturated heterocycles. The van der Waals surface area contributed by atoms with Gasteiger partial charge in [-0.25, -0.2) is 0 Å². The van der Waals surface area contributed by atoms with Gasteiger partial charge in [-0.3, -0.25) is 4.79 Å². The zero-order chi connectivity index (χ0) is 25.2. The van der Waals surface area contributed by atoms with Crippen LogP contribution in [0.1, 0.15) is 110 Å². The molecule has 0 bridgehead atoms. The number of rotatable bonds is 5. The smallest absolute Gasteiger partial charge is 0.159 e. The number of ketones is 1. The van der Waals surface area contributed by atoms with Crippen LogP contribution in [0.15, 0.2) is 18.2 Å². The van der Waals surface area contributed by atoms with Crippen molar-refractivity contribution in [3.63, 3.8) is 0 Å². The van der Waals surface area contributed by atoms with Gasteiger partial charge in [0.2, 0.25) is 0 Å². The molecular formula is C32H47ClO. The van der Waals surface area contributed by atoms with Gasteiger partial charge >= 0.3 is 0 Å². The SMILES string of the molecule is CC(=O)c1ccc(C#CC(C)(C2CC(C)CCC2C(C)C)C2CC(C)CCC2C(C)C)c(Cl)c1. The minimum Gasteiger partial charge on any atom is -0.295 e. The summed E-state index contributed by atoms with van der Waals surface area (Å²) in [5.74, 6) is 13.1.